The van der Waals surface area contributed by atoms with E-state index in [4.69, 9.17) is 4.74 Å². The van der Waals surface area contributed by atoms with Gasteiger partial charge in [-0.25, -0.2) is 0 Å². The van der Waals surface area contributed by atoms with Crippen molar-refractivity contribution in [2.24, 2.45) is 0 Å². The number of nitrogens with one attached hydrogen (secondary N) is 1. The number of rotatable bonds is 62. The number of allylic oxidation sites excluding steroid dienone is 6. The van der Waals surface area contributed by atoms with Crippen LogP contribution in [0.15, 0.2) is 36.5 Å². The van der Waals surface area contributed by atoms with Gasteiger partial charge < -0.3 is 20.3 Å². The van der Waals surface area contributed by atoms with Crippen LogP contribution < -0.4 is 5.32 Å². The molecule has 2 atom stereocenters. The third-order valence-corrected chi connectivity index (χ3v) is 15.4. The molecule has 6 heteroatoms. The molecule has 436 valence electrons. The Morgan fingerprint density at radius 2 is 0.676 bits per heavy atom. The fourth-order valence-electron chi connectivity index (χ4n) is 10.3. The van der Waals surface area contributed by atoms with E-state index in [0.29, 0.717) is 25.9 Å². The van der Waals surface area contributed by atoms with E-state index in [-0.39, 0.29) is 18.5 Å². The van der Waals surface area contributed by atoms with Crippen LogP contribution in [0.1, 0.15) is 361 Å². The summed E-state index contributed by atoms with van der Waals surface area (Å²) < 4.78 is 5.49. The maximum Gasteiger partial charge on any atom is 0.305 e. The van der Waals surface area contributed by atoms with Crippen LogP contribution in [0.2, 0.25) is 0 Å². The number of carbonyl (C=O) groups excluding carboxylic acids is 2. The predicted octanol–water partition coefficient (Wildman–Crippen LogP) is 21.1. The van der Waals surface area contributed by atoms with E-state index in [1.54, 1.807) is 0 Å². The lowest BCUT2D eigenvalue weighted by molar-refractivity contribution is -0.143. The summed E-state index contributed by atoms with van der Waals surface area (Å²) in [6, 6.07) is -0.539. The summed E-state index contributed by atoms with van der Waals surface area (Å²) >= 11 is 0. The molecule has 0 rings (SSSR count). The van der Waals surface area contributed by atoms with Gasteiger partial charge in [0.1, 0.15) is 0 Å². The van der Waals surface area contributed by atoms with Crippen molar-refractivity contribution >= 4 is 11.9 Å². The smallest absolute Gasteiger partial charge is 0.305 e. The van der Waals surface area contributed by atoms with E-state index < -0.39 is 12.1 Å². The molecule has 0 fully saturated rings. The quantitative estimate of drug-likeness (QED) is 0.0320. The summed E-state index contributed by atoms with van der Waals surface area (Å²) in [6.45, 7) is 4.95. The highest BCUT2D eigenvalue weighted by Crippen LogP contribution is 2.18. The van der Waals surface area contributed by atoms with Gasteiger partial charge in [0, 0.05) is 12.8 Å². The van der Waals surface area contributed by atoms with Crippen LogP contribution in [-0.2, 0) is 14.3 Å². The van der Waals surface area contributed by atoms with Gasteiger partial charge in [0.05, 0.1) is 25.4 Å². The Kier molecular flexibility index (Phi) is 62.0. The topological polar surface area (TPSA) is 95.9 Å². The molecule has 3 N–H and O–H groups in total. The second-order valence-corrected chi connectivity index (χ2v) is 22.8. The van der Waals surface area contributed by atoms with Gasteiger partial charge in [-0.2, -0.15) is 0 Å². The van der Waals surface area contributed by atoms with E-state index >= 15 is 0 Å². The normalized spacial score (nSPS) is 12.8. The molecule has 0 radical (unpaired) electrons. The Morgan fingerprint density at radius 1 is 0.378 bits per heavy atom. The lowest BCUT2D eigenvalue weighted by Crippen LogP contribution is -2.45. The molecule has 0 aliphatic carbocycles. The highest BCUT2D eigenvalue weighted by molar-refractivity contribution is 5.76. The molecule has 2 unspecified atom stereocenters. The summed E-state index contributed by atoms with van der Waals surface area (Å²) in [4.78, 5) is 24.5. The maximum atomic E-state index is 12.4. The summed E-state index contributed by atoms with van der Waals surface area (Å²) in [5.41, 5.74) is 0. The maximum absolute atomic E-state index is 12.4. The number of unbranched alkanes of at least 4 members (excludes halogenated alkanes) is 45. The Balaban J connectivity index is 3.37. The van der Waals surface area contributed by atoms with E-state index in [0.717, 1.165) is 51.4 Å². The molecule has 0 saturated heterocycles. The van der Waals surface area contributed by atoms with E-state index in [1.807, 2.05) is 0 Å². The largest absolute Gasteiger partial charge is 0.466 e. The lowest BCUT2D eigenvalue weighted by atomic mass is 10.0. The molecule has 1 amide bonds. The van der Waals surface area contributed by atoms with Gasteiger partial charge in [-0.05, 0) is 83.5 Å². The Hall–Kier alpha value is -1.92. The van der Waals surface area contributed by atoms with Gasteiger partial charge in [0.2, 0.25) is 5.91 Å². The van der Waals surface area contributed by atoms with Crippen LogP contribution in [-0.4, -0.2) is 47.4 Å². The van der Waals surface area contributed by atoms with E-state index in [9.17, 15) is 19.8 Å². The molecule has 0 aliphatic rings. The number of ether oxygens (including phenoxy) is 1. The molecule has 74 heavy (non-hydrogen) atoms. The average Bonchev–Trinajstić information content (AvgIpc) is 3.40. The van der Waals surface area contributed by atoms with Crippen LogP contribution in [0.5, 0.6) is 0 Å². The van der Waals surface area contributed by atoms with Crippen molar-refractivity contribution in [2.75, 3.05) is 13.2 Å². The first-order chi connectivity index (χ1) is 36.5. The van der Waals surface area contributed by atoms with Crippen LogP contribution in [0.25, 0.3) is 0 Å². The van der Waals surface area contributed by atoms with Crippen LogP contribution in [0, 0.1) is 0 Å². The second-order valence-electron chi connectivity index (χ2n) is 22.8. The van der Waals surface area contributed by atoms with Crippen molar-refractivity contribution in [3.63, 3.8) is 0 Å². The second kappa shape index (κ2) is 63.6. The SMILES string of the molecule is CCCCCCCCC/C=C\CCCCCCCC(=O)OCCCCCCCCCCC/C=C\C/C=C\CCCCCCCCCCCCCCCCCC(=O)NC(CO)C(O)CCCCCCCCCCCC. The first kappa shape index (κ1) is 72.1. The third-order valence-electron chi connectivity index (χ3n) is 15.4. The van der Waals surface area contributed by atoms with Crippen molar-refractivity contribution in [1.82, 2.24) is 5.32 Å². The zero-order chi connectivity index (χ0) is 53.6. The molecule has 0 aromatic rings. The van der Waals surface area contributed by atoms with Crippen LogP contribution >= 0.6 is 0 Å². The summed E-state index contributed by atoms with van der Waals surface area (Å²) in [6.07, 6.45) is 80.5. The molecule has 0 aliphatic heterocycles. The zero-order valence-electron chi connectivity index (χ0n) is 49.8. The minimum absolute atomic E-state index is 0.00590. The first-order valence-electron chi connectivity index (χ1n) is 33.2. The minimum atomic E-state index is -0.662. The molecule has 6 nitrogen and oxygen atoms in total. The highest BCUT2D eigenvalue weighted by atomic mass is 16.5. The predicted molar refractivity (Wildman–Crippen MR) is 324 cm³/mol. The zero-order valence-corrected chi connectivity index (χ0v) is 49.8. The van der Waals surface area contributed by atoms with E-state index in [1.165, 1.54) is 276 Å². The van der Waals surface area contributed by atoms with Gasteiger partial charge in [-0.15, -0.1) is 0 Å². The average molecular weight is 1040 g/mol. The summed E-state index contributed by atoms with van der Waals surface area (Å²) in [7, 11) is 0. The monoisotopic (exact) mass is 1040 g/mol. The fraction of sp³-hybridized carbons (Fsp3) is 0.882. The van der Waals surface area contributed by atoms with Gasteiger partial charge in [-0.1, -0.05) is 301 Å². The standard InChI is InChI=1S/C68H129NO5/c1-3-5-7-9-11-13-15-16-17-36-39-42-46-50-54-58-62-68(73)74-63-59-55-51-47-43-40-37-34-32-30-28-26-24-22-20-18-19-21-23-25-27-29-31-33-35-38-41-45-49-53-57-61-67(72)69-65(64-70)66(71)60-56-52-48-44-14-12-10-8-6-4-2/h17,20,22,26,28,36,65-66,70-71H,3-16,18-19,21,23-25,27,29-35,37-64H2,1-2H3,(H,69,72)/b22-20-,28-26-,36-17-. The number of hydrogen-bond donors (Lipinski definition) is 3. The van der Waals surface area contributed by atoms with Crippen molar-refractivity contribution < 1.29 is 24.5 Å². The third kappa shape index (κ3) is 59.3. The van der Waals surface area contributed by atoms with Gasteiger partial charge in [0.15, 0.2) is 0 Å². The number of aliphatic hydroxyl groups excluding tert-OH is 2. The Morgan fingerprint density at radius 3 is 1.04 bits per heavy atom. The van der Waals surface area contributed by atoms with Gasteiger partial charge >= 0.3 is 5.97 Å². The van der Waals surface area contributed by atoms with Crippen molar-refractivity contribution in [3.8, 4) is 0 Å². The number of amides is 1. The molecule has 0 heterocycles. The number of esters is 1. The Bertz CT molecular complexity index is 1200. The molecule has 0 aromatic carbocycles. The summed E-state index contributed by atoms with van der Waals surface area (Å²) in [5.74, 6) is -0.0292. The Labute approximate surface area is 462 Å². The number of hydrogen-bond acceptors (Lipinski definition) is 5. The van der Waals surface area contributed by atoms with Gasteiger partial charge in [0.25, 0.3) is 0 Å². The lowest BCUT2D eigenvalue weighted by Gasteiger charge is -2.22. The fourth-order valence-corrected chi connectivity index (χ4v) is 10.3. The van der Waals surface area contributed by atoms with Gasteiger partial charge in [-0.3, -0.25) is 9.59 Å². The number of carbonyl (C=O) groups is 2. The van der Waals surface area contributed by atoms with Crippen molar-refractivity contribution in [3.05, 3.63) is 36.5 Å². The molecule has 0 bridgehead atoms. The van der Waals surface area contributed by atoms with E-state index in [2.05, 4.69) is 55.6 Å². The summed E-state index contributed by atoms with van der Waals surface area (Å²) in [5, 5.41) is 23.2. The molecule has 0 saturated carbocycles. The molecule has 0 aromatic heterocycles. The van der Waals surface area contributed by atoms with Crippen LogP contribution in [0.4, 0.5) is 0 Å². The molecular weight excluding hydrogens is 911 g/mol. The molecule has 0 spiro atoms. The number of aliphatic hydroxyl groups is 2. The molecular formula is C68H129NO5. The van der Waals surface area contributed by atoms with Crippen LogP contribution in [0.3, 0.4) is 0 Å². The van der Waals surface area contributed by atoms with Crippen molar-refractivity contribution in [2.45, 2.75) is 373 Å². The van der Waals surface area contributed by atoms with Crippen molar-refractivity contribution in [1.29, 1.82) is 0 Å². The highest BCUT2D eigenvalue weighted by Gasteiger charge is 2.20. The first-order valence-corrected chi connectivity index (χ1v) is 33.2. The minimum Gasteiger partial charge on any atom is -0.466 e.